The van der Waals surface area contributed by atoms with Gasteiger partial charge in [-0.2, -0.15) is 0 Å². The van der Waals surface area contributed by atoms with Crippen LogP contribution < -0.4 is 0 Å². The van der Waals surface area contributed by atoms with Crippen molar-refractivity contribution in [2.75, 3.05) is 20.2 Å². The molecule has 1 aromatic carbocycles. The van der Waals surface area contributed by atoms with E-state index in [4.69, 9.17) is 4.74 Å². The van der Waals surface area contributed by atoms with Gasteiger partial charge in [0.1, 0.15) is 11.7 Å². The topological polar surface area (TPSA) is 63.7 Å². The minimum absolute atomic E-state index is 0.0397. The van der Waals surface area contributed by atoms with E-state index in [0.29, 0.717) is 25.9 Å². The normalized spacial score (nSPS) is 25.8. The van der Waals surface area contributed by atoms with Crippen LogP contribution in [0, 0.1) is 32.6 Å². The van der Waals surface area contributed by atoms with E-state index >= 15 is 0 Å². The molecule has 0 radical (unpaired) electrons. The fourth-order valence-corrected chi connectivity index (χ4v) is 4.73. The maximum atomic E-state index is 13.0. The number of benzene rings is 1. The second-order valence-corrected chi connectivity index (χ2v) is 7.82. The lowest BCUT2D eigenvalue weighted by atomic mass is 9.85. The molecule has 5 heteroatoms. The molecule has 3 rings (SSSR count). The van der Waals surface area contributed by atoms with Gasteiger partial charge in [0.25, 0.3) is 0 Å². The predicted octanol–water partition coefficient (Wildman–Crippen LogP) is 3.33. The third-order valence-corrected chi connectivity index (χ3v) is 5.82. The number of aryl methyl sites for hydroxylation is 3. The highest BCUT2D eigenvalue weighted by Gasteiger charge is 2.44. The van der Waals surface area contributed by atoms with Crippen molar-refractivity contribution in [1.82, 2.24) is 4.90 Å². The van der Waals surface area contributed by atoms with E-state index in [1.165, 1.54) is 7.11 Å². The molecule has 0 bridgehead atoms. The Balaban J connectivity index is 1.73. The summed E-state index contributed by atoms with van der Waals surface area (Å²) in [5.74, 6) is -0.483. The van der Waals surface area contributed by atoms with Crippen LogP contribution in [0.5, 0.6) is 0 Å². The molecule has 1 saturated carbocycles. The zero-order chi connectivity index (χ0) is 19.0. The first-order chi connectivity index (χ1) is 12.3. The number of Topliss-reactive ketones (excluding diaryl/α,β-unsaturated/α-hetero) is 2. The fourth-order valence-electron chi connectivity index (χ4n) is 4.73. The Bertz CT molecular complexity index is 731. The molecule has 2 aliphatic rings. The van der Waals surface area contributed by atoms with Crippen molar-refractivity contribution in [3.63, 3.8) is 0 Å². The Morgan fingerprint density at radius 1 is 1.19 bits per heavy atom. The standard InChI is InChI=1S/C21H27NO4/c1-12-7-13(2)18(14(3)8-12)19-17(23)10-16(20(19)24)9-15-5-6-22(11-15)21(25)26-4/h7-8,15-16,19H,5-6,9-11H2,1-4H3. The minimum Gasteiger partial charge on any atom is -0.453 e. The smallest absolute Gasteiger partial charge is 0.409 e. The van der Waals surface area contributed by atoms with Crippen molar-refractivity contribution in [2.45, 2.75) is 46.0 Å². The van der Waals surface area contributed by atoms with Gasteiger partial charge in [0.2, 0.25) is 0 Å². The molecular formula is C21H27NO4. The zero-order valence-corrected chi connectivity index (χ0v) is 16.0. The summed E-state index contributed by atoms with van der Waals surface area (Å²) in [5, 5.41) is 0. The molecule has 1 aliphatic heterocycles. The lowest BCUT2D eigenvalue weighted by Crippen LogP contribution is -2.28. The fraction of sp³-hybridized carbons (Fsp3) is 0.571. The van der Waals surface area contributed by atoms with Gasteiger partial charge in [-0.3, -0.25) is 9.59 Å². The summed E-state index contributed by atoms with van der Waals surface area (Å²) in [6.45, 7) is 7.25. The molecule has 5 nitrogen and oxygen atoms in total. The number of methoxy groups -OCH3 is 1. The molecule has 0 N–H and O–H groups in total. The number of ketones is 2. The second kappa shape index (κ2) is 7.22. The first-order valence-electron chi connectivity index (χ1n) is 9.29. The minimum atomic E-state index is -0.612. The summed E-state index contributed by atoms with van der Waals surface area (Å²) in [6, 6.07) is 4.09. The number of rotatable bonds is 3. The van der Waals surface area contributed by atoms with E-state index in [0.717, 1.165) is 28.7 Å². The Kier molecular flexibility index (Phi) is 5.17. The van der Waals surface area contributed by atoms with Crippen LogP contribution >= 0.6 is 0 Å². The van der Waals surface area contributed by atoms with E-state index in [-0.39, 0.29) is 29.5 Å². The van der Waals surface area contributed by atoms with Crippen LogP contribution in [-0.4, -0.2) is 42.8 Å². The largest absolute Gasteiger partial charge is 0.453 e. The van der Waals surface area contributed by atoms with Gasteiger partial charge >= 0.3 is 6.09 Å². The lowest BCUT2D eigenvalue weighted by molar-refractivity contribution is -0.125. The molecule has 0 spiro atoms. The maximum absolute atomic E-state index is 13.0. The van der Waals surface area contributed by atoms with Crippen molar-refractivity contribution >= 4 is 17.7 Å². The van der Waals surface area contributed by atoms with Crippen LogP contribution in [0.3, 0.4) is 0 Å². The molecule has 26 heavy (non-hydrogen) atoms. The summed E-state index contributed by atoms with van der Waals surface area (Å²) in [6.07, 6.45) is 1.55. The van der Waals surface area contributed by atoms with E-state index in [9.17, 15) is 14.4 Å². The highest BCUT2D eigenvalue weighted by atomic mass is 16.5. The number of ether oxygens (including phenoxy) is 1. The Hall–Kier alpha value is -2.17. The molecule has 2 fully saturated rings. The maximum Gasteiger partial charge on any atom is 0.409 e. The van der Waals surface area contributed by atoms with Gasteiger partial charge in [-0.15, -0.1) is 0 Å². The monoisotopic (exact) mass is 357 g/mol. The van der Waals surface area contributed by atoms with Crippen LogP contribution in [0.4, 0.5) is 4.79 Å². The van der Waals surface area contributed by atoms with Gasteiger partial charge in [0.05, 0.1) is 7.11 Å². The van der Waals surface area contributed by atoms with Crippen LogP contribution in [0.15, 0.2) is 12.1 Å². The molecule has 1 saturated heterocycles. The average Bonchev–Trinajstić information content (AvgIpc) is 3.13. The number of carbonyl (C=O) groups is 3. The molecule has 1 aliphatic carbocycles. The van der Waals surface area contributed by atoms with Gasteiger partial charge < -0.3 is 9.64 Å². The number of amides is 1. The summed E-state index contributed by atoms with van der Waals surface area (Å²) in [4.78, 5) is 39.0. The van der Waals surface area contributed by atoms with E-state index in [1.807, 2.05) is 32.9 Å². The zero-order valence-electron chi connectivity index (χ0n) is 16.0. The number of nitrogens with zero attached hydrogens (tertiary/aromatic N) is 1. The third kappa shape index (κ3) is 3.39. The van der Waals surface area contributed by atoms with Crippen LogP contribution in [0.1, 0.15) is 47.4 Å². The number of hydrogen-bond acceptors (Lipinski definition) is 4. The number of carbonyl (C=O) groups excluding carboxylic acids is 3. The summed E-state index contributed by atoms with van der Waals surface area (Å²) >= 11 is 0. The van der Waals surface area contributed by atoms with Crippen molar-refractivity contribution in [2.24, 2.45) is 11.8 Å². The Morgan fingerprint density at radius 2 is 1.85 bits per heavy atom. The van der Waals surface area contributed by atoms with E-state index < -0.39 is 5.92 Å². The summed E-state index contributed by atoms with van der Waals surface area (Å²) < 4.78 is 4.77. The molecule has 3 unspecified atom stereocenters. The Labute approximate surface area is 154 Å². The van der Waals surface area contributed by atoms with Crippen molar-refractivity contribution in [1.29, 1.82) is 0 Å². The van der Waals surface area contributed by atoms with Gasteiger partial charge in [0.15, 0.2) is 5.78 Å². The SMILES string of the molecule is COC(=O)N1CCC(CC2CC(=O)C(c3c(C)cc(C)cc3C)C2=O)C1. The molecule has 0 aromatic heterocycles. The molecular weight excluding hydrogens is 330 g/mol. The summed E-state index contributed by atoms with van der Waals surface area (Å²) in [5.41, 5.74) is 4.09. The van der Waals surface area contributed by atoms with Crippen LogP contribution in [-0.2, 0) is 14.3 Å². The average molecular weight is 357 g/mol. The first-order valence-corrected chi connectivity index (χ1v) is 9.29. The van der Waals surface area contributed by atoms with Gasteiger partial charge in [0, 0.05) is 25.4 Å². The molecule has 1 amide bonds. The molecule has 1 aromatic rings. The van der Waals surface area contributed by atoms with Crippen LogP contribution in [0.25, 0.3) is 0 Å². The van der Waals surface area contributed by atoms with Crippen molar-refractivity contribution < 1.29 is 19.1 Å². The third-order valence-electron chi connectivity index (χ3n) is 5.82. The lowest BCUT2D eigenvalue weighted by Gasteiger charge is -2.18. The van der Waals surface area contributed by atoms with Crippen LogP contribution in [0.2, 0.25) is 0 Å². The highest BCUT2D eigenvalue weighted by Crippen LogP contribution is 2.39. The first kappa shape index (κ1) is 18.6. The van der Waals surface area contributed by atoms with Gasteiger partial charge in [-0.05, 0) is 56.2 Å². The van der Waals surface area contributed by atoms with Crippen molar-refractivity contribution in [3.05, 3.63) is 34.4 Å². The molecule has 140 valence electrons. The molecule has 1 heterocycles. The Morgan fingerprint density at radius 3 is 2.46 bits per heavy atom. The highest BCUT2D eigenvalue weighted by molar-refractivity contribution is 6.15. The number of hydrogen-bond donors (Lipinski definition) is 0. The van der Waals surface area contributed by atoms with Gasteiger partial charge in [-0.1, -0.05) is 17.7 Å². The second-order valence-electron chi connectivity index (χ2n) is 7.82. The van der Waals surface area contributed by atoms with Gasteiger partial charge in [-0.25, -0.2) is 4.79 Å². The summed E-state index contributed by atoms with van der Waals surface area (Å²) in [7, 11) is 1.38. The van der Waals surface area contributed by atoms with Crippen molar-refractivity contribution in [3.8, 4) is 0 Å². The molecule has 3 atom stereocenters. The predicted molar refractivity (Wildman–Crippen MR) is 98.2 cm³/mol. The van der Waals surface area contributed by atoms with E-state index in [2.05, 4.69) is 0 Å². The van der Waals surface area contributed by atoms with E-state index in [1.54, 1.807) is 4.90 Å². The number of likely N-dealkylation sites (tertiary alicyclic amines) is 1. The quantitative estimate of drug-likeness (QED) is 0.779.